The second kappa shape index (κ2) is 5.24. The first-order chi connectivity index (χ1) is 11.6. The van der Waals surface area contributed by atoms with Crippen molar-refractivity contribution in [3.05, 3.63) is 80.9 Å². The topological polar surface area (TPSA) is 84.3 Å². The molecule has 0 spiro atoms. The lowest BCUT2D eigenvalue weighted by Gasteiger charge is -2.28. The summed E-state index contributed by atoms with van der Waals surface area (Å²) in [5, 5.41) is 17.4. The summed E-state index contributed by atoms with van der Waals surface area (Å²) in [4.78, 5) is 23.2. The van der Waals surface area contributed by atoms with Crippen LogP contribution in [-0.4, -0.2) is 15.8 Å². The Morgan fingerprint density at radius 2 is 1.71 bits per heavy atom. The fourth-order valence-corrected chi connectivity index (χ4v) is 3.32. The number of nitro groups is 1. The molecule has 2 N–H and O–H groups in total. The van der Waals surface area contributed by atoms with Crippen LogP contribution in [0.15, 0.2) is 54.1 Å². The Morgan fingerprint density at radius 1 is 1.04 bits per heavy atom. The molecule has 0 radical (unpaired) electrons. The maximum atomic E-state index is 12.8. The van der Waals surface area contributed by atoms with Gasteiger partial charge in [0.15, 0.2) is 10.9 Å². The van der Waals surface area contributed by atoms with Gasteiger partial charge in [-0.1, -0.05) is 24.3 Å². The number of thiocarbonyl (C=S) groups is 1. The normalized spacial score (nSPS) is 18.6. The molecule has 0 aromatic heterocycles. The van der Waals surface area contributed by atoms with E-state index in [1.807, 2.05) is 18.2 Å². The van der Waals surface area contributed by atoms with Crippen LogP contribution in [-0.2, 0) is 0 Å². The fraction of sp³-hybridized carbons (Fsp3) is 0.0588. The minimum absolute atomic E-state index is 0.00509. The van der Waals surface area contributed by atoms with E-state index in [9.17, 15) is 14.9 Å². The number of ketones is 1. The van der Waals surface area contributed by atoms with Crippen LogP contribution >= 0.6 is 12.2 Å². The zero-order valence-corrected chi connectivity index (χ0v) is 13.1. The number of nitro benzene ring substituents is 1. The standard InChI is InChI=1S/C17H11N3O3S/c21-16-12-4-2-1-3-11(12)15-13(16)14(18-17(24)19-15)9-5-7-10(8-6-9)20(22)23/h1-8,14H,(H2,18,19,24)/t14-/m1/s1. The summed E-state index contributed by atoms with van der Waals surface area (Å²) in [5.41, 5.74) is 3.51. The largest absolute Gasteiger partial charge is 0.351 e. The van der Waals surface area contributed by atoms with Crippen LogP contribution < -0.4 is 10.6 Å². The number of nitrogens with one attached hydrogen (secondary N) is 2. The molecule has 0 unspecified atom stereocenters. The zero-order chi connectivity index (χ0) is 16.8. The Labute approximate surface area is 142 Å². The maximum absolute atomic E-state index is 12.8. The number of rotatable bonds is 2. The van der Waals surface area contributed by atoms with Gasteiger partial charge < -0.3 is 10.6 Å². The van der Waals surface area contributed by atoms with E-state index in [2.05, 4.69) is 10.6 Å². The SMILES string of the molecule is O=C1C2=C(NC(=S)N[C@@H]2c2ccc([N+](=O)[O-])cc2)c2ccccc21. The number of nitrogens with zero attached hydrogens (tertiary/aromatic N) is 1. The van der Waals surface area contributed by atoms with Gasteiger partial charge in [0.05, 0.1) is 22.2 Å². The lowest BCUT2D eigenvalue weighted by Crippen LogP contribution is -2.43. The Hall–Kier alpha value is -3.06. The summed E-state index contributed by atoms with van der Waals surface area (Å²) in [7, 11) is 0. The molecular formula is C17H11N3O3S. The molecule has 118 valence electrons. The van der Waals surface area contributed by atoms with Gasteiger partial charge in [-0.2, -0.15) is 0 Å². The van der Waals surface area contributed by atoms with Crippen LogP contribution in [0.3, 0.4) is 0 Å². The molecule has 1 heterocycles. The van der Waals surface area contributed by atoms with Crippen LogP contribution in [0.2, 0.25) is 0 Å². The minimum atomic E-state index is -0.453. The third-order valence-corrected chi connectivity index (χ3v) is 4.41. The number of non-ortho nitro benzene ring substituents is 1. The quantitative estimate of drug-likeness (QED) is 0.498. The Morgan fingerprint density at radius 3 is 2.38 bits per heavy atom. The number of hydrogen-bond donors (Lipinski definition) is 2. The van der Waals surface area contributed by atoms with Gasteiger partial charge in [0.25, 0.3) is 5.69 Å². The van der Waals surface area contributed by atoms with Crippen molar-refractivity contribution in [1.29, 1.82) is 0 Å². The molecule has 2 aliphatic rings. The van der Waals surface area contributed by atoms with E-state index < -0.39 is 11.0 Å². The minimum Gasteiger partial charge on any atom is -0.351 e. The van der Waals surface area contributed by atoms with Crippen molar-refractivity contribution in [3.8, 4) is 0 Å². The molecule has 1 aliphatic carbocycles. The number of benzene rings is 2. The summed E-state index contributed by atoms with van der Waals surface area (Å²) < 4.78 is 0. The van der Waals surface area contributed by atoms with E-state index in [1.54, 1.807) is 18.2 Å². The van der Waals surface area contributed by atoms with Crippen LogP contribution in [0.4, 0.5) is 5.69 Å². The van der Waals surface area contributed by atoms with Gasteiger partial charge in [0.1, 0.15) is 0 Å². The van der Waals surface area contributed by atoms with Gasteiger partial charge in [-0.05, 0) is 29.9 Å². The molecule has 0 bridgehead atoms. The maximum Gasteiger partial charge on any atom is 0.269 e. The Bertz CT molecular complexity index is 934. The van der Waals surface area contributed by atoms with E-state index in [4.69, 9.17) is 12.2 Å². The first-order valence-electron chi connectivity index (χ1n) is 7.26. The smallest absolute Gasteiger partial charge is 0.269 e. The van der Waals surface area contributed by atoms with E-state index in [1.165, 1.54) is 12.1 Å². The predicted molar refractivity (Wildman–Crippen MR) is 92.4 cm³/mol. The molecule has 2 aromatic rings. The molecule has 0 saturated heterocycles. The second-order valence-electron chi connectivity index (χ2n) is 5.54. The van der Waals surface area contributed by atoms with Crippen molar-refractivity contribution in [1.82, 2.24) is 10.6 Å². The molecule has 0 saturated carbocycles. The summed E-state index contributed by atoms with van der Waals surface area (Å²) in [6, 6.07) is 13.1. The summed E-state index contributed by atoms with van der Waals surface area (Å²) in [5.74, 6) is -0.0635. The van der Waals surface area contributed by atoms with Crippen LogP contribution in [0.1, 0.15) is 27.5 Å². The Balaban J connectivity index is 1.82. The lowest BCUT2D eigenvalue weighted by molar-refractivity contribution is -0.384. The van der Waals surface area contributed by atoms with Crippen molar-refractivity contribution < 1.29 is 9.72 Å². The highest BCUT2D eigenvalue weighted by Crippen LogP contribution is 2.40. The van der Waals surface area contributed by atoms with Gasteiger partial charge in [0, 0.05) is 23.3 Å². The highest BCUT2D eigenvalue weighted by Gasteiger charge is 2.38. The van der Waals surface area contributed by atoms with Crippen molar-refractivity contribution in [3.63, 3.8) is 0 Å². The van der Waals surface area contributed by atoms with Crippen LogP contribution in [0.5, 0.6) is 0 Å². The zero-order valence-electron chi connectivity index (χ0n) is 12.3. The third kappa shape index (κ3) is 2.10. The fourth-order valence-electron chi connectivity index (χ4n) is 3.10. The molecule has 1 atom stereocenters. The van der Waals surface area contributed by atoms with Gasteiger partial charge >= 0.3 is 0 Å². The molecule has 7 heteroatoms. The monoisotopic (exact) mass is 337 g/mol. The van der Waals surface area contributed by atoms with Crippen molar-refractivity contribution in [2.24, 2.45) is 0 Å². The van der Waals surface area contributed by atoms with Gasteiger partial charge in [0.2, 0.25) is 0 Å². The number of hydrogen-bond acceptors (Lipinski definition) is 4. The molecule has 6 nitrogen and oxygen atoms in total. The van der Waals surface area contributed by atoms with Crippen molar-refractivity contribution in [2.75, 3.05) is 0 Å². The average molecular weight is 337 g/mol. The van der Waals surface area contributed by atoms with E-state index in [0.717, 1.165) is 11.1 Å². The summed E-state index contributed by atoms with van der Waals surface area (Å²) in [6.07, 6.45) is 0. The van der Waals surface area contributed by atoms with E-state index >= 15 is 0 Å². The molecule has 1 aliphatic heterocycles. The first-order valence-corrected chi connectivity index (χ1v) is 7.67. The van der Waals surface area contributed by atoms with Gasteiger partial charge in [-0.25, -0.2) is 0 Å². The van der Waals surface area contributed by atoms with Gasteiger partial charge in [-0.15, -0.1) is 0 Å². The predicted octanol–water partition coefficient (Wildman–Crippen LogP) is 2.72. The number of carbonyl (C=O) groups excluding carboxylic acids is 1. The van der Waals surface area contributed by atoms with Crippen LogP contribution in [0.25, 0.3) is 5.70 Å². The van der Waals surface area contributed by atoms with Crippen molar-refractivity contribution in [2.45, 2.75) is 6.04 Å². The molecule has 24 heavy (non-hydrogen) atoms. The van der Waals surface area contributed by atoms with Gasteiger partial charge in [-0.3, -0.25) is 14.9 Å². The second-order valence-corrected chi connectivity index (χ2v) is 5.95. The summed E-state index contributed by atoms with van der Waals surface area (Å²) in [6.45, 7) is 0. The lowest BCUT2D eigenvalue weighted by atomic mass is 9.94. The molecule has 0 fully saturated rings. The van der Waals surface area contributed by atoms with Crippen molar-refractivity contribution >= 4 is 34.5 Å². The molecule has 4 rings (SSSR count). The average Bonchev–Trinajstić information content (AvgIpc) is 2.87. The number of fused-ring (bicyclic) bond motifs is 2. The number of carbonyl (C=O) groups is 1. The summed E-state index contributed by atoms with van der Waals surface area (Å²) >= 11 is 5.27. The molecular weight excluding hydrogens is 326 g/mol. The van der Waals surface area contributed by atoms with E-state index in [0.29, 0.717) is 21.9 Å². The first kappa shape index (κ1) is 14.5. The third-order valence-electron chi connectivity index (χ3n) is 4.19. The highest BCUT2D eigenvalue weighted by atomic mass is 32.1. The molecule has 0 amide bonds. The number of Topliss-reactive ketones (excluding diaryl/α,β-unsaturated/α-hetero) is 1. The highest BCUT2D eigenvalue weighted by molar-refractivity contribution is 7.80. The van der Waals surface area contributed by atoms with Crippen LogP contribution in [0, 0.1) is 10.1 Å². The van der Waals surface area contributed by atoms with E-state index in [-0.39, 0.29) is 11.5 Å². The Kier molecular flexibility index (Phi) is 3.17. The molecule has 2 aromatic carbocycles.